The molecular formula is C27H26N2O7. The number of nitro benzene ring substituents is 1. The Balaban J connectivity index is 1.84. The highest BCUT2D eigenvalue weighted by Crippen LogP contribution is 2.38. The van der Waals surface area contributed by atoms with Gasteiger partial charge in [0.25, 0.3) is 5.69 Å². The van der Waals surface area contributed by atoms with Gasteiger partial charge in [0.1, 0.15) is 5.75 Å². The highest BCUT2D eigenvalue weighted by molar-refractivity contribution is 6.03. The summed E-state index contributed by atoms with van der Waals surface area (Å²) in [6, 6.07) is 14.8. The van der Waals surface area contributed by atoms with Crippen molar-refractivity contribution in [1.82, 2.24) is 0 Å². The molecule has 1 amide bonds. The first-order valence-electron chi connectivity index (χ1n) is 10.8. The molecule has 0 heterocycles. The van der Waals surface area contributed by atoms with Gasteiger partial charge < -0.3 is 24.3 Å². The van der Waals surface area contributed by atoms with Crippen LogP contribution in [-0.2, 0) is 4.79 Å². The number of methoxy groups -OCH3 is 4. The van der Waals surface area contributed by atoms with Crippen LogP contribution in [0.1, 0.15) is 16.7 Å². The Morgan fingerprint density at radius 1 is 0.806 bits per heavy atom. The van der Waals surface area contributed by atoms with E-state index in [2.05, 4.69) is 5.32 Å². The lowest BCUT2D eigenvalue weighted by Gasteiger charge is -2.13. The van der Waals surface area contributed by atoms with E-state index in [0.717, 1.165) is 11.1 Å². The lowest BCUT2D eigenvalue weighted by molar-refractivity contribution is -0.384. The van der Waals surface area contributed by atoms with Gasteiger partial charge in [0.2, 0.25) is 11.7 Å². The van der Waals surface area contributed by atoms with Gasteiger partial charge in [-0.05, 0) is 59.2 Å². The minimum atomic E-state index is -0.476. The van der Waals surface area contributed by atoms with Crippen molar-refractivity contribution in [2.24, 2.45) is 0 Å². The van der Waals surface area contributed by atoms with E-state index in [1.54, 1.807) is 51.7 Å². The summed E-state index contributed by atoms with van der Waals surface area (Å²) in [5.41, 5.74) is 2.72. The highest BCUT2D eigenvalue weighted by atomic mass is 16.6. The number of rotatable bonds is 10. The normalized spacial score (nSPS) is 10.9. The number of carbonyl (C=O) groups excluding carboxylic acids is 1. The van der Waals surface area contributed by atoms with Crippen LogP contribution in [0, 0.1) is 10.1 Å². The van der Waals surface area contributed by atoms with Gasteiger partial charge in [-0.2, -0.15) is 0 Å². The van der Waals surface area contributed by atoms with E-state index in [4.69, 9.17) is 18.9 Å². The monoisotopic (exact) mass is 490 g/mol. The molecule has 0 aliphatic rings. The predicted molar refractivity (Wildman–Crippen MR) is 139 cm³/mol. The van der Waals surface area contributed by atoms with Crippen molar-refractivity contribution in [3.63, 3.8) is 0 Å². The molecule has 0 saturated heterocycles. The Morgan fingerprint density at radius 2 is 1.47 bits per heavy atom. The minimum absolute atomic E-state index is 0.0171. The summed E-state index contributed by atoms with van der Waals surface area (Å²) in [7, 11) is 6.18. The number of nitrogens with one attached hydrogen (secondary N) is 1. The third kappa shape index (κ3) is 6.41. The molecule has 3 aromatic carbocycles. The zero-order chi connectivity index (χ0) is 26.1. The molecule has 0 aromatic heterocycles. The van der Waals surface area contributed by atoms with Crippen molar-refractivity contribution in [2.45, 2.75) is 0 Å². The molecule has 0 atom stereocenters. The molecule has 36 heavy (non-hydrogen) atoms. The molecule has 0 fully saturated rings. The molecule has 0 saturated carbocycles. The van der Waals surface area contributed by atoms with Crippen molar-refractivity contribution in [2.75, 3.05) is 33.8 Å². The van der Waals surface area contributed by atoms with E-state index in [-0.39, 0.29) is 11.6 Å². The molecule has 3 rings (SSSR count). The van der Waals surface area contributed by atoms with Gasteiger partial charge in [0.15, 0.2) is 11.5 Å². The summed E-state index contributed by atoms with van der Waals surface area (Å²) < 4.78 is 21.5. The number of amides is 1. The summed E-state index contributed by atoms with van der Waals surface area (Å²) in [5, 5.41) is 13.6. The molecular weight excluding hydrogens is 464 g/mol. The Morgan fingerprint density at radius 3 is 2.03 bits per heavy atom. The number of benzene rings is 3. The molecule has 0 bridgehead atoms. The van der Waals surface area contributed by atoms with E-state index in [1.165, 1.54) is 25.3 Å². The Labute approximate surface area is 208 Å². The maximum atomic E-state index is 12.6. The third-order valence-electron chi connectivity index (χ3n) is 5.19. The number of nitro groups is 1. The molecule has 9 nitrogen and oxygen atoms in total. The van der Waals surface area contributed by atoms with Gasteiger partial charge >= 0.3 is 0 Å². The second-order valence-corrected chi connectivity index (χ2v) is 7.42. The Bertz CT molecular complexity index is 1270. The van der Waals surface area contributed by atoms with Gasteiger partial charge in [-0.15, -0.1) is 0 Å². The van der Waals surface area contributed by atoms with Gasteiger partial charge in [-0.3, -0.25) is 14.9 Å². The van der Waals surface area contributed by atoms with Crippen molar-refractivity contribution in [3.05, 3.63) is 87.5 Å². The van der Waals surface area contributed by atoms with Crippen LogP contribution in [0.2, 0.25) is 0 Å². The lowest BCUT2D eigenvalue weighted by Crippen LogP contribution is -2.09. The summed E-state index contributed by atoms with van der Waals surface area (Å²) >= 11 is 0. The average molecular weight is 491 g/mol. The van der Waals surface area contributed by atoms with Gasteiger partial charge in [0.05, 0.1) is 39.0 Å². The van der Waals surface area contributed by atoms with E-state index < -0.39 is 4.92 Å². The SMILES string of the molecule is COc1ccc(C=Cc2cc(OC)c(OC)c(OC)c2)c(NC(=O)/C=C/c2ccc([N+](=O)[O-])cc2)c1. The molecule has 1 N–H and O–H groups in total. The zero-order valence-electron chi connectivity index (χ0n) is 20.3. The lowest BCUT2D eigenvalue weighted by atomic mass is 10.1. The predicted octanol–water partition coefficient (Wildman–Crippen LogP) is 5.45. The molecule has 0 unspecified atom stereocenters. The fraction of sp³-hybridized carbons (Fsp3) is 0.148. The number of carbonyl (C=O) groups is 1. The first-order chi connectivity index (χ1) is 17.4. The van der Waals surface area contributed by atoms with Gasteiger partial charge in [-0.1, -0.05) is 12.2 Å². The molecule has 186 valence electrons. The number of anilines is 1. The fourth-order valence-corrected chi connectivity index (χ4v) is 3.35. The standard InChI is InChI=1S/C27H26N2O7/c1-33-22-13-10-20(9-5-19-15-24(34-2)27(36-4)25(16-19)35-3)23(17-22)28-26(30)14-8-18-6-11-21(12-7-18)29(31)32/h5-17H,1-4H3,(H,28,30)/b9-5?,14-8+. The van der Waals surface area contributed by atoms with Crippen LogP contribution >= 0.6 is 0 Å². The third-order valence-corrected chi connectivity index (χ3v) is 5.19. The second kappa shape index (κ2) is 12.1. The van der Waals surface area contributed by atoms with Crippen LogP contribution in [0.4, 0.5) is 11.4 Å². The van der Waals surface area contributed by atoms with E-state index in [9.17, 15) is 14.9 Å². The van der Waals surface area contributed by atoms with Gasteiger partial charge in [0, 0.05) is 24.3 Å². The largest absolute Gasteiger partial charge is 0.497 e. The number of hydrogen-bond acceptors (Lipinski definition) is 7. The first kappa shape index (κ1) is 25.8. The Kier molecular flexibility index (Phi) is 8.66. The van der Waals surface area contributed by atoms with Crippen LogP contribution < -0.4 is 24.3 Å². The second-order valence-electron chi connectivity index (χ2n) is 7.42. The topological polar surface area (TPSA) is 109 Å². The molecule has 0 spiro atoms. The summed E-state index contributed by atoms with van der Waals surface area (Å²) in [6.45, 7) is 0. The van der Waals surface area contributed by atoms with Crippen molar-refractivity contribution < 1.29 is 28.7 Å². The van der Waals surface area contributed by atoms with E-state index in [0.29, 0.717) is 34.2 Å². The van der Waals surface area contributed by atoms with Gasteiger partial charge in [-0.25, -0.2) is 0 Å². The van der Waals surface area contributed by atoms with Crippen LogP contribution in [0.15, 0.2) is 60.7 Å². The zero-order valence-corrected chi connectivity index (χ0v) is 20.3. The van der Waals surface area contributed by atoms with Crippen LogP contribution in [0.5, 0.6) is 23.0 Å². The molecule has 0 aliphatic heterocycles. The summed E-state index contributed by atoms with van der Waals surface area (Å²) in [5.74, 6) is 1.75. The fourth-order valence-electron chi connectivity index (χ4n) is 3.35. The van der Waals surface area contributed by atoms with E-state index in [1.807, 2.05) is 30.4 Å². The summed E-state index contributed by atoms with van der Waals surface area (Å²) in [6.07, 6.45) is 6.63. The van der Waals surface area contributed by atoms with E-state index >= 15 is 0 Å². The first-order valence-corrected chi connectivity index (χ1v) is 10.8. The maximum Gasteiger partial charge on any atom is 0.269 e. The quantitative estimate of drug-likeness (QED) is 0.174. The average Bonchev–Trinajstić information content (AvgIpc) is 2.90. The number of nitrogens with zero attached hydrogens (tertiary/aromatic N) is 1. The molecule has 9 heteroatoms. The van der Waals surface area contributed by atoms with Crippen LogP contribution in [0.25, 0.3) is 18.2 Å². The number of non-ortho nitro benzene ring substituents is 1. The van der Waals surface area contributed by atoms with Crippen molar-refractivity contribution in [1.29, 1.82) is 0 Å². The number of hydrogen-bond donors (Lipinski definition) is 1. The molecule has 3 aromatic rings. The number of ether oxygens (including phenoxy) is 4. The van der Waals surface area contributed by atoms with Crippen LogP contribution in [-0.4, -0.2) is 39.3 Å². The van der Waals surface area contributed by atoms with Crippen molar-refractivity contribution >= 4 is 35.5 Å². The van der Waals surface area contributed by atoms with Crippen molar-refractivity contribution in [3.8, 4) is 23.0 Å². The minimum Gasteiger partial charge on any atom is -0.497 e. The molecule has 0 radical (unpaired) electrons. The maximum absolute atomic E-state index is 12.6. The van der Waals surface area contributed by atoms with Crippen LogP contribution in [0.3, 0.4) is 0 Å². The highest BCUT2D eigenvalue weighted by Gasteiger charge is 2.12. The Hall–Kier alpha value is -4.79. The summed E-state index contributed by atoms with van der Waals surface area (Å²) in [4.78, 5) is 22.9. The smallest absolute Gasteiger partial charge is 0.269 e. The molecule has 0 aliphatic carbocycles.